The molecule has 2 fully saturated rings. The Kier molecular flexibility index (Phi) is 6.51. The Balaban J connectivity index is 1.60. The predicted octanol–water partition coefficient (Wildman–Crippen LogP) is 4.89. The first-order chi connectivity index (χ1) is 16.8. The Bertz CT molecular complexity index is 1390. The highest BCUT2D eigenvalue weighted by Gasteiger charge is 2.33. The number of pyridine rings is 1. The number of nitrogens with zero attached hydrogens (tertiary/aromatic N) is 4. The van der Waals surface area contributed by atoms with Crippen LogP contribution in [0.4, 0.5) is 5.82 Å². The number of fused-ring (bicyclic) bond motifs is 1. The summed E-state index contributed by atoms with van der Waals surface area (Å²) in [6, 6.07) is 13.6. The second-order valence-corrected chi connectivity index (χ2v) is 11.3. The lowest BCUT2D eigenvalue weighted by Crippen LogP contribution is -2.40. The van der Waals surface area contributed by atoms with Crippen LogP contribution in [0.2, 0.25) is 0 Å². The second kappa shape index (κ2) is 9.59. The van der Waals surface area contributed by atoms with Crippen molar-refractivity contribution in [2.75, 3.05) is 18.0 Å². The van der Waals surface area contributed by atoms with Gasteiger partial charge in [-0.15, -0.1) is 0 Å². The van der Waals surface area contributed by atoms with Gasteiger partial charge in [0.1, 0.15) is 15.8 Å². The molecule has 0 N–H and O–H groups in total. The fourth-order valence-electron chi connectivity index (χ4n) is 5.04. The number of amides is 1. The average molecular weight is 505 g/mol. The molecular formula is C27H28N4O2S2. The molecule has 6 nitrogen and oxygen atoms in total. The molecule has 0 unspecified atom stereocenters. The zero-order valence-corrected chi connectivity index (χ0v) is 21.7. The number of thiocarbonyl (C=S) groups is 1. The van der Waals surface area contributed by atoms with Gasteiger partial charge in [-0.3, -0.25) is 18.9 Å². The first kappa shape index (κ1) is 23.8. The van der Waals surface area contributed by atoms with E-state index in [1.807, 2.05) is 49.4 Å². The lowest BCUT2D eigenvalue weighted by atomic mass is 9.91. The van der Waals surface area contributed by atoms with E-state index in [9.17, 15) is 9.59 Å². The zero-order valence-electron chi connectivity index (χ0n) is 20.1. The van der Waals surface area contributed by atoms with Crippen molar-refractivity contribution in [1.29, 1.82) is 0 Å². The van der Waals surface area contributed by atoms with Crippen molar-refractivity contribution < 1.29 is 4.79 Å². The molecule has 0 spiro atoms. The maximum absolute atomic E-state index is 13.7. The number of hydrogen-bond acceptors (Lipinski definition) is 6. The van der Waals surface area contributed by atoms with E-state index in [0.717, 1.165) is 30.6 Å². The number of anilines is 1. The minimum absolute atomic E-state index is 0.173. The van der Waals surface area contributed by atoms with E-state index in [4.69, 9.17) is 17.2 Å². The highest BCUT2D eigenvalue weighted by atomic mass is 32.2. The fraction of sp³-hybridized carbons (Fsp3) is 0.333. The minimum atomic E-state index is -0.177. The van der Waals surface area contributed by atoms with Gasteiger partial charge >= 0.3 is 0 Å². The van der Waals surface area contributed by atoms with Gasteiger partial charge in [0.05, 0.1) is 17.0 Å². The normalized spacial score (nSPS) is 22.0. The van der Waals surface area contributed by atoms with Crippen molar-refractivity contribution in [3.8, 4) is 0 Å². The van der Waals surface area contributed by atoms with Gasteiger partial charge in [0.25, 0.3) is 11.5 Å². The molecule has 35 heavy (non-hydrogen) atoms. The molecule has 2 aliphatic rings. The predicted molar refractivity (Wildman–Crippen MR) is 147 cm³/mol. The zero-order chi connectivity index (χ0) is 24.7. The highest BCUT2D eigenvalue weighted by molar-refractivity contribution is 8.26. The summed E-state index contributed by atoms with van der Waals surface area (Å²) >= 11 is 6.79. The summed E-state index contributed by atoms with van der Waals surface area (Å²) in [5.41, 5.74) is 2.85. The maximum atomic E-state index is 13.7. The molecule has 180 valence electrons. The van der Waals surface area contributed by atoms with Crippen LogP contribution in [-0.2, 0) is 11.3 Å². The maximum Gasteiger partial charge on any atom is 0.267 e. The summed E-state index contributed by atoms with van der Waals surface area (Å²) in [5.74, 6) is 1.46. The lowest BCUT2D eigenvalue weighted by molar-refractivity contribution is -0.122. The van der Waals surface area contributed by atoms with E-state index in [-0.39, 0.29) is 11.5 Å². The number of aromatic nitrogens is 2. The molecule has 1 aromatic carbocycles. The molecule has 0 radical (unpaired) electrons. The van der Waals surface area contributed by atoms with Crippen LogP contribution in [0.3, 0.4) is 0 Å². The summed E-state index contributed by atoms with van der Waals surface area (Å²) in [4.78, 5) is 36.3. The third-order valence-electron chi connectivity index (χ3n) is 6.57. The molecule has 0 aliphatic carbocycles. The van der Waals surface area contributed by atoms with Gasteiger partial charge in [0.15, 0.2) is 0 Å². The van der Waals surface area contributed by atoms with Gasteiger partial charge in [0.2, 0.25) is 0 Å². The van der Waals surface area contributed by atoms with Crippen molar-refractivity contribution in [3.05, 3.63) is 80.6 Å². The fourth-order valence-corrected chi connectivity index (χ4v) is 6.27. The van der Waals surface area contributed by atoms with Gasteiger partial charge in [-0.2, -0.15) is 0 Å². The number of aryl methyl sites for hydroxylation is 1. The molecule has 2 atom stereocenters. The SMILES string of the molecule is Cc1cccn2c(=O)c(/C=C3\SC(=S)N(Cc4ccccc4)C3=O)c(N3C[C@@H](C)C[C@H](C)C3)nc12. The first-order valence-corrected chi connectivity index (χ1v) is 13.1. The summed E-state index contributed by atoms with van der Waals surface area (Å²) in [6.45, 7) is 8.49. The average Bonchev–Trinajstić information content (AvgIpc) is 3.08. The van der Waals surface area contributed by atoms with Crippen molar-refractivity contribution in [2.45, 2.75) is 33.7 Å². The third kappa shape index (κ3) is 4.65. The molecule has 4 heterocycles. The van der Waals surface area contributed by atoms with Crippen LogP contribution in [0.15, 0.2) is 58.4 Å². The van der Waals surface area contributed by atoms with Crippen molar-refractivity contribution in [1.82, 2.24) is 14.3 Å². The number of rotatable bonds is 4. The molecule has 2 aliphatic heterocycles. The number of thioether (sulfide) groups is 1. The number of benzene rings is 1. The highest BCUT2D eigenvalue weighted by Crippen LogP contribution is 2.35. The summed E-state index contributed by atoms with van der Waals surface area (Å²) in [7, 11) is 0. The van der Waals surface area contributed by atoms with Crippen molar-refractivity contribution in [2.24, 2.45) is 11.8 Å². The lowest BCUT2D eigenvalue weighted by Gasteiger charge is -2.36. The van der Waals surface area contributed by atoms with Gasteiger partial charge in [-0.1, -0.05) is 74.2 Å². The number of piperidine rings is 1. The molecule has 3 aromatic rings. The number of carbonyl (C=O) groups excluding carboxylic acids is 1. The van der Waals surface area contributed by atoms with Crippen LogP contribution in [0, 0.1) is 18.8 Å². The number of hydrogen-bond donors (Lipinski definition) is 0. The molecular weight excluding hydrogens is 476 g/mol. The van der Waals surface area contributed by atoms with E-state index >= 15 is 0 Å². The van der Waals surface area contributed by atoms with E-state index < -0.39 is 0 Å². The van der Waals surface area contributed by atoms with Gasteiger partial charge in [-0.25, -0.2) is 4.98 Å². The Morgan fingerprint density at radius 3 is 2.51 bits per heavy atom. The Labute approximate surface area is 214 Å². The summed E-state index contributed by atoms with van der Waals surface area (Å²) in [6.07, 6.45) is 4.59. The second-order valence-electron chi connectivity index (χ2n) is 9.64. The monoisotopic (exact) mass is 504 g/mol. The molecule has 0 bridgehead atoms. The van der Waals surface area contributed by atoms with Gasteiger partial charge in [-0.05, 0) is 48.4 Å². The minimum Gasteiger partial charge on any atom is -0.355 e. The van der Waals surface area contributed by atoms with Crippen LogP contribution >= 0.6 is 24.0 Å². The standard InChI is InChI=1S/C27H28N4O2S2/c1-17-12-18(2)15-29(14-17)24-21(25(32)30-11-7-8-19(3)23(30)28-24)13-22-26(33)31(27(34)35-22)16-20-9-5-4-6-10-20/h4-11,13,17-18H,12,14-16H2,1-3H3/b22-13-/t17-,18-/m0/s1. The molecule has 2 aromatic heterocycles. The molecule has 5 rings (SSSR count). The Morgan fingerprint density at radius 1 is 1.09 bits per heavy atom. The van der Waals surface area contributed by atoms with E-state index in [0.29, 0.717) is 44.6 Å². The number of carbonyl (C=O) groups is 1. The molecule has 8 heteroatoms. The smallest absolute Gasteiger partial charge is 0.267 e. The first-order valence-electron chi connectivity index (χ1n) is 11.9. The Morgan fingerprint density at radius 2 is 1.80 bits per heavy atom. The van der Waals surface area contributed by atoms with E-state index in [2.05, 4.69) is 18.7 Å². The van der Waals surface area contributed by atoms with Crippen molar-refractivity contribution in [3.63, 3.8) is 0 Å². The molecule has 2 saturated heterocycles. The molecule has 0 saturated carbocycles. The van der Waals surface area contributed by atoms with Crippen LogP contribution in [0.25, 0.3) is 11.7 Å². The van der Waals surface area contributed by atoms with Crippen LogP contribution in [0.5, 0.6) is 0 Å². The summed E-state index contributed by atoms with van der Waals surface area (Å²) in [5, 5.41) is 0. The summed E-state index contributed by atoms with van der Waals surface area (Å²) < 4.78 is 2.07. The quantitative estimate of drug-likeness (QED) is 0.373. The van der Waals surface area contributed by atoms with Crippen LogP contribution in [-0.4, -0.2) is 37.6 Å². The van der Waals surface area contributed by atoms with E-state index in [1.54, 1.807) is 21.6 Å². The topological polar surface area (TPSA) is 57.9 Å². The third-order valence-corrected chi connectivity index (χ3v) is 7.94. The van der Waals surface area contributed by atoms with Crippen LogP contribution < -0.4 is 10.5 Å². The van der Waals surface area contributed by atoms with Crippen LogP contribution in [0.1, 0.15) is 37.0 Å². The van der Waals surface area contributed by atoms with Crippen molar-refractivity contribution >= 4 is 51.7 Å². The largest absolute Gasteiger partial charge is 0.355 e. The van der Waals surface area contributed by atoms with Gasteiger partial charge in [0, 0.05) is 19.3 Å². The van der Waals surface area contributed by atoms with Gasteiger partial charge < -0.3 is 4.90 Å². The van der Waals surface area contributed by atoms with E-state index in [1.165, 1.54) is 11.8 Å². The molecule has 1 amide bonds. The Hall–Kier alpha value is -2.97.